The van der Waals surface area contributed by atoms with Gasteiger partial charge in [0.25, 0.3) is 0 Å². The highest BCUT2D eigenvalue weighted by Crippen LogP contribution is 2.39. The van der Waals surface area contributed by atoms with Crippen molar-refractivity contribution in [3.8, 4) is 11.4 Å². The van der Waals surface area contributed by atoms with Crippen molar-refractivity contribution in [1.29, 1.82) is 0 Å². The van der Waals surface area contributed by atoms with E-state index in [1.807, 2.05) is 30.3 Å². The van der Waals surface area contributed by atoms with Crippen molar-refractivity contribution in [1.82, 2.24) is 14.8 Å². The van der Waals surface area contributed by atoms with Gasteiger partial charge in [0.15, 0.2) is 11.3 Å². The van der Waals surface area contributed by atoms with Gasteiger partial charge < -0.3 is 9.84 Å². The predicted octanol–water partition coefficient (Wildman–Crippen LogP) is 4.24. The number of rotatable bonds is 5. The van der Waals surface area contributed by atoms with Crippen LogP contribution in [0.3, 0.4) is 0 Å². The highest BCUT2D eigenvalue weighted by Gasteiger charge is 2.39. The molecule has 6 nitrogen and oxygen atoms in total. The maximum absolute atomic E-state index is 13.4. The number of aryl methyl sites for hydroxylation is 1. The quantitative estimate of drug-likeness (QED) is 0.709. The molecular formula is C20H19F2N3O3. The van der Waals surface area contributed by atoms with E-state index in [4.69, 9.17) is 4.74 Å². The van der Waals surface area contributed by atoms with Gasteiger partial charge >= 0.3 is 5.97 Å². The Balaban J connectivity index is 1.75. The van der Waals surface area contributed by atoms with Crippen molar-refractivity contribution < 1.29 is 23.4 Å². The van der Waals surface area contributed by atoms with E-state index < -0.39 is 11.9 Å². The first-order chi connectivity index (χ1) is 13.3. The molecule has 1 unspecified atom stereocenters. The standard InChI is InChI=1S/C20H19F2N3O3/c1-12-17-16(28-11-13-7-8-20(21,22)10-13)9-15(19(26)27)23-18(17)25(24-12)14-5-3-2-4-6-14/h2-6,9,13H,7-8,10-11H2,1H3,(H,26,27). The van der Waals surface area contributed by atoms with Crippen LogP contribution in [0.1, 0.15) is 35.4 Å². The Morgan fingerprint density at radius 1 is 1.36 bits per heavy atom. The van der Waals surface area contributed by atoms with E-state index in [1.165, 1.54) is 6.07 Å². The summed E-state index contributed by atoms with van der Waals surface area (Å²) in [6.45, 7) is 1.88. The van der Waals surface area contributed by atoms with Gasteiger partial charge in [-0.15, -0.1) is 0 Å². The maximum atomic E-state index is 13.4. The highest BCUT2D eigenvalue weighted by atomic mass is 19.3. The summed E-state index contributed by atoms with van der Waals surface area (Å²) in [5.41, 5.74) is 1.53. The van der Waals surface area contributed by atoms with Crippen LogP contribution in [0.2, 0.25) is 0 Å². The molecule has 1 fully saturated rings. The fraction of sp³-hybridized carbons (Fsp3) is 0.350. The molecule has 1 aliphatic carbocycles. The Morgan fingerprint density at radius 2 is 2.11 bits per heavy atom. The number of hydrogen-bond donors (Lipinski definition) is 1. The van der Waals surface area contributed by atoms with Gasteiger partial charge in [-0.3, -0.25) is 0 Å². The van der Waals surface area contributed by atoms with Crippen LogP contribution in [-0.2, 0) is 0 Å². The average Bonchev–Trinajstić information content (AvgIpc) is 3.19. The van der Waals surface area contributed by atoms with E-state index in [0.717, 1.165) is 5.69 Å². The second-order valence-corrected chi connectivity index (χ2v) is 7.12. The number of alkyl halides is 2. The number of ether oxygens (including phenoxy) is 1. The lowest BCUT2D eigenvalue weighted by atomic mass is 10.1. The van der Waals surface area contributed by atoms with E-state index in [2.05, 4.69) is 10.1 Å². The van der Waals surface area contributed by atoms with Crippen molar-refractivity contribution in [3.05, 3.63) is 47.8 Å². The maximum Gasteiger partial charge on any atom is 0.354 e. The number of aromatic carboxylic acids is 1. The van der Waals surface area contributed by atoms with Gasteiger partial charge in [0.2, 0.25) is 5.92 Å². The number of fused-ring (bicyclic) bond motifs is 1. The summed E-state index contributed by atoms with van der Waals surface area (Å²) in [7, 11) is 0. The number of aromatic nitrogens is 3. The van der Waals surface area contributed by atoms with E-state index in [1.54, 1.807) is 11.6 Å². The monoisotopic (exact) mass is 387 g/mol. The van der Waals surface area contributed by atoms with Crippen molar-refractivity contribution in [3.63, 3.8) is 0 Å². The van der Waals surface area contributed by atoms with E-state index >= 15 is 0 Å². The Labute approximate surface area is 159 Å². The largest absolute Gasteiger partial charge is 0.492 e. The molecule has 0 spiro atoms. The molecular weight excluding hydrogens is 368 g/mol. The molecule has 0 saturated heterocycles. The second kappa shape index (κ2) is 6.85. The van der Waals surface area contributed by atoms with Crippen LogP contribution in [0.5, 0.6) is 5.75 Å². The first kappa shape index (κ1) is 18.3. The predicted molar refractivity (Wildman–Crippen MR) is 98.3 cm³/mol. The topological polar surface area (TPSA) is 77.2 Å². The Kier molecular flexibility index (Phi) is 4.49. The van der Waals surface area contributed by atoms with E-state index in [0.29, 0.717) is 28.9 Å². The summed E-state index contributed by atoms with van der Waals surface area (Å²) in [4.78, 5) is 15.8. The van der Waals surface area contributed by atoms with Crippen LogP contribution in [0.4, 0.5) is 8.78 Å². The average molecular weight is 387 g/mol. The first-order valence-corrected chi connectivity index (χ1v) is 9.04. The van der Waals surface area contributed by atoms with Crippen molar-refractivity contribution in [2.45, 2.75) is 32.1 Å². The van der Waals surface area contributed by atoms with Crippen LogP contribution in [0.25, 0.3) is 16.7 Å². The molecule has 28 heavy (non-hydrogen) atoms. The number of pyridine rings is 1. The van der Waals surface area contributed by atoms with Crippen molar-refractivity contribution in [2.75, 3.05) is 6.61 Å². The van der Waals surface area contributed by atoms with Gasteiger partial charge in [-0.05, 0) is 31.4 Å². The number of halogens is 2. The number of benzene rings is 1. The third kappa shape index (κ3) is 3.42. The van der Waals surface area contributed by atoms with Gasteiger partial charge in [-0.2, -0.15) is 5.10 Å². The molecule has 1 N–H and O–H groups in total. The molecule has 2 aromatic heterocycles. The van der Waals surface area contributed by atoms with Crippen LogP contribution in [-0.4, -0.2) is 38.4 Å². The molecule has 3 aromatic rings. The van der Waals surface area contributed by atoms with Crippen LogP contribution in [0.15, 0.2) is 36.4 Å². The van der Waals surface area contributed by atoms with Crippen LogP contribution in [0, 0.1) is 12.8 Å². The summed E-state index contributed by atoms with van der Waals surface area (Å²) in [6.07, 6.45) is 0.0304. The van der Waals surface area contributed by atoms with Crippen molar-refractivity contribution in [2.24, 2.45) is 5.92 Å². The molecule has 146 valence electrons. The molecule has 2 heterocycles. The third-order valence-electron chi connectivity index (χ3n) is 4.98. The minimum atomic E-state index is -2.65. The van der Waals surface area contributed by atoms with Gasteiger partial charge in [0, 0.05) is 18.9 Å². The van der Waals surface area contributed by atoms with Crippen molar-refractivity contribution >= 4 is 17.0 Å². The molecule has 0 bridgehead atoms. The van der Waals surface area contributed by atoms with Gasteiger partial charge in [-0.1, -0.05) is 18.2 Å². The highest BCUT2D eigenvalue weighted by molar-refractivity contribution is 5.93. The van der Waals surface area contributed by atoms with Gasteiger partial charge in [-0.25, -0.2) is 23.2 Å². The Hall–Kier alpha value is -3.03. The van der Waals surface area contributed by atoms with Crippen LogP contribution >= 0.6 is 0 Å². The van der Waals surface area contributed by atoms with Crippen LogP contribution < -0.4 is 4.74 Å². The zero-order chi connectivity index (χ0) is 19.9. The number of nitrogens with zero attached hydrogens (tertiary/aromatic N) is 3. The summed E-state index contributed by atoms with van der Waals surface area (Å²) in [5.74, 6) is -3.81. The summed E-state index contributed by atoms with van der Waals surface area (Å²) in [6, 6.07) is 10.6. The molecule has 4 rings (SSSR count). The smallest absolute Gasteiger partial charge is 0.354 e. The molecule has 0 radical (unpaired) electrons. The fourth-order valence-corrected chi connectivity index (χ4v) is 3.61. The fourth-order valence-electron chi connectivity index (χ4n) is 3.61. The molecule has 1 aromatic carbocycles. The minimum absolute atomic E-state index is 0.101. The zero-order valence-corrected chi connectivity index (χ0v) is 15.2. The van der Waals surface area contributed by atoms with Gasteiger partial charge in [0.1, 0.15) is 5.75 Å². The number of carboxylic acid groups (broad SMARTS) is 1. The molecule has 1 atom stereocenters. The molecule has 8 heteroatoms. The molecule has 0 amide bonds. The van der Waals surface area contributed by atoms with Gasteiger partial charge in [0.05, 0.1) is 23.4 Å². The van der Waals surface area contributed by atoms with E-state index in [9.17, 15) is 18.7 Å². The SMILES string of the molecule is Cc1nn(-c2ccccc2)c2nc(C(=O)O)cc(OCC3CCC(F)(F)C3)c12. The molecule has 0 aliphatic heterocycles. The number of hydrogen-bond acceptors (Lipinski definition) is 4. The second-order valence-electron chi connectivity index (χ2n) is 7.12. The zero-order valence-electron chi connectivity index (χ0n) is 15.2. The Morgan fingerprint density at radius 3 is 2.75 bits per heavy atom. The minimum Gasteiger partial charge on any atom is -0.492 e. The summed E-state index contributed by atoms with van der Waals surface area (Å²) < 4.78 is 34.3. The summed E-state index contributed by atoms with van der Waals surface area (Å²) >= 11 is 0. The lowest BCUT2D eigenvalue weighted by Crippen LogP contribution is -2.14. The van der Waals surface area contributed by atoms with E-state index in [-0.39, 0.29) is 31.1 Å². The molecule has 1 aliphatic rings. The number of para-hydroxylation sites is 1. The number of carboxylic acids is 1. The summed E-state index contributed by atoms with van der Waals surface area (Å²) in [5, 5.41) is 14.5. The molecule has 1 saturated carbocycles. The lowest BCUT2D eigenvalue weighted by molar-refractivity contribution is 0.00294. The number of carbonyl (C=O) groups is 1. The first-order valence-electron chi connectivity index (χ1n) is 9.04. The lowest BCUT2D eigenvalue weighted by Gasteiger charge is -2.14. The Bertz CT molecular complexity index is 1030. The normalized spacial score (nSPS) is 18.5. The third-order valence-corrected chi connectivity index (χ3v) is 4.98.